The van der Waals surface area contributed by atoms with Gasteiger partial charge in [0.1, 0.15) is 6.10 Å². The van der Waals surface area contributed by atoms with Crippen LogP contribution in [0.2, 0.25) is 0 Å². The molecule has 1 amide bonds. The molecule has 0 radical (unpaired) electrons. The molecule has 52 heavy (non-hydrogen) atoms. The first kappa shape index (κ1) is 50.1. The summed E-state index contributed by atoms with van der Waals surface area (Å²) in [5.74, 6) is -0.497. The van der Waals surface area contributed by atoms with Gasteiger partial charge in [-0.25, -0.2) is 0 Å². The molecule has 304 valence electrons. The molecule has 0 aromatic rings. The summed E-state index contributed by atoms with van der Waals surface area (Å²) in [5.41, 5.74) is 0. The second kappa shape index (κ2) is 40.3. The first-order valence-corrected chi connectivity index (χ1v) is 22.2. The highest BCUT2D eigenvalue weighted by Crippen LogP contribution is 2.17. The van der Waals surface area contributed by atoms with Crippen LogP contribution >= 0.6 is 0 Å². The molecule has 0 spiro atoms. The molecule has 0 fully saturated rings. The third kappa shape index (κ3) is 35.1. The molecule has 0 saturated heterocycles. The number of aliphatic hydroxyl groups is 2. The molecule has 6 nitrogen and oxygen atoms in total. The lowest BCUT2D eigenvalue weighted by Crippen LogP contribution is -2.46. The molecule has 0 heterocycles. The monoisotopic (exact) mass is 732 g/mol. The van der Waals surface area contributed by atoms with Crippen molar-refractivity contribution in [3.05, 3.63) is 36.5 Å². The van der Waals surface area contributed by atoms with Crippen molar-refractivity contribution in [1.82, 2.24) is 5.32 Å². The zero-order valence-electron chi connectivity index (χ0n) is 34.4. The van der Waals surface area contributed by atoms with Crippen LogP contribution in [0, 0.1) is 0 Å². The number of carbonyl (C=O) groups is 2. The van der Waals surface area contributed by atoms with Crippen LogP contribution in [0.15, 0.2) is 36.5 Å². The molecule has 0 aliphatic rings. The molecule has 3 N–H and O–H groups in total. The average molecular weight is 732 g/mol. The van der Waals surface area contributed by atoms with Gasteiger partial charge in [-0.05, 0) is 57.8 Å². The normalized spacial score (nSPS) is 13.7. The second-order valence-electron chi connectivity index (χ2n) is 15.1. The summed E-state index contributed by atoms with van der Waals surface area (Å²) in [6.45, 7) is 6.32. The number of amides is 1. The third-order valence-electron chi connectivity index (χ3n) is 9.98. The smallest absolute Gasteiger partial charge is 0.306 e. The number of unbranched alkanes of at least 4 members (excludes halogenated alkanes) is 21. The number of carbonyl (C=O) groups excluding carboxylic acids is 2. The van der Waals surface area contributed by atoms with E-state index >= 15 is 0 Å². The Morgan fingerprint density at radius 1 is 0.577 bits per heavy atom. The minimum absolute atomic E-state index is 0.0649. The Morgan fingerprint density at radius 2 is 1.04 bits per heavy atom. The van der Waals surface area contributed by atoms with Crippen molar-refractivity contribution < 1.29 is 24.5 Å². The van der Waals surface area contributed by atoms with Gasteiger partial charge in [0.15, 0.2) is 0 Å². The van der Waals surface area contributed by atoms with Gasteiger partial charge in [-0.15, -0.1) is 0 Å². The van der Waals surface area contributed by atoms with Gasteiger partial charge in [0.05, 0.1) is 25.2 Å². The van der Waals surface area contributed by atoms with Crippen LogP contribution in [0.3, 0.4) is 0 Å². The summed E-state index contributed by atoms with van der Waals surface area (Å²) in [5, 5.41) is 23.6. The molecule has 0 aliphatic heterocycles. The Bertz CT molecular complexity index is 869. The molecule has 0 aromatic carbocycles. The standard InChI is InChI=1S/C46H85NO5/c1-4-7-10-13-16-19-21-22-23-24-26-28-31-34-37-42(52-46(51)39-36-33-30-25-18-15-12-9-6-3)40-45(50)47-43(41-48)44(49)38-35-32-29-27-20-17-14-11-8-5-2/h7,10,16,19,22-23,42-44,48-49H,4-6,8-9,11-15,17-18,20-21,24-41H2,1-3H3,(H,47,50)/b10-7+,19-16+,23-22+. The lowest BCUT2D eigenvalue weighted by Gasteiger charge is -2.24. The Balaban J connectivity index is 4.64. The van der Waals surface area contributed by atoms with E-state index in [9.17, 15) is 19.8 Å². The van der Waals surface area contributed by atoms with E-state index in [-0.39, 0.29) is 24.9 Å². The second-order valence-corrected chi connectivity index (χ2v) is 15.1. The van der Waals surface area contributed by atoms with E-state index in [1.807, 2.05) is 0 Å². The number of hydrogen-bond donors (Lipinski definition) is 3. The maximum absolute atomic E-state index is 13.1. The van der Waals surface area contributed by atoms with Gasteiger partial charge in [-0.1, -0.05) is 186 Å². The molecule has 0 aliphatic carbocycles. The van der Waals surface area contributed by atoms with E-state index in [1.54, 1.807) is 0 Å². The molecule has 3 atom stereocenters. The van der Waals surface area contributed by atoms with Crippen molar-refractivity contribution >= 4 is 11.9 Å². The molecular weight excluding hydrogens is 647 g/mol. The highest BCUT2D eigenvalue weighted by molar-refractivity contribution is 5.77. The van der Waals surface area contributed by atoms with Gasteiger partial charge in [-0.3, -0.25) is 9.59 Å². The number of rotatable bonds is 39. The van der Waals surface area contributed by atoms with E-state index in [0.717, 1.165) is 89.9 Å². The quantitative estimate of drug-likeness (QED) is 0.0332. The molecule has 0 aromatic heterocycles. The van der Waals surface area contributed by atoms with Crippen LogP contribution < -0.4 is 5.32 Å². The minimum Gasteiger partial charge on any atom is -0.462 e. The predicted octanol–water partition coefficient (Wildman–Crippen LogP) is 12.6. The van der Waals surface area contributed by atoms with Crippen LogP contribution in [0.4, 0.5) is 0 Å². The maximum Gasteiger partial charge on any atom is 0.306 e. The summed E-state index contributed by atoms with van der Waals surface area (Å²) in [4.78, 5) is 25.9. The van der Waals surface area contributed by atoms with Crippen LogP contribution in [0.5, 0.6) is 0 Å². The number of ether oxygens (including phenoxy) is 1. The van der Waals surface area contributed by atoms with Gasteiger partial charge >= 0.3 is 5.97 Å². The van der Waals surface area contributed by atoms with Gasteiger partial charge in [0.25, 0.3) is 0 Å². The molecule has 0 saturated carbocycles. The number of nitrogens with one attached hydrogen (secondary N) is 1. The van der Waals surface area contributed by atoms with Gasteiger partial charge in [0.2, 0.25) is 5.91 Å². The SMILES string of the molecule is CC/C=C/C/C=C/C/C=C/CCCCCCC(CC(=O)NC(CO)C(O)CCCCCCCCCCCC)OC(=O)CCCCCCCCCCC. The summed E-state index contributed by atoms with van der Waals surface area (Å²) >= 11 is 0. The first-order chi connectivity index (χ1) is 25.5. The zero-order chi connectivity index (χ0) is 38.2. The lowest BCUT2D eigenvalue weighted by atomic mass is 10.0. The highest BCUT2D eigenvalue weighted by atomic mass is 16.5. The summed E-state index contributed by atoms with van der Waals surface area (Å²) in [6.07, 6.45) is 44.9. The Kier molecular flexibility index (Phi) is 38.8. The van der Waals surface area contributed by atoms with Crippen LogP contribution in [-0.4, -0.2) is 46.9 Å². The summed E-state index contributed by atoms with van der Waals surface area (Å²) in [7, 11) is 0. The van der Waals surface area contributed by atoms with E-state index in [0.29, 0.717) is 19.3 Å². The fourth-order valence-corrected chi connectivity index (χ4v) is 6.62. The Hall–Kier alpha value is -1.92. The average Bonchev–Trinajstić information content (AvgIpc) is 3.13. The Morgan fingerprint density at radius 3 is 1.58 bits per heavy atom. The van der Waals surface area contributed by atoms with E-state index < -0.39 is 18.2 Å². The number of hydrogen-bond acceptors (Lipinski definition) is 5. The van der Waals surface area contributed by atoms with Crippen molar-refractivity contribution in [2.75, 3.05) is 6.61 Å². The van der Waals surface area contributed by atoms with Crippen LogP contribution in [-0.2, 0) is 14.3 Å². The zero-order valence-corrected chi connectivity index (χ0v) is 34.4. The van der Waals surface area contributed by atoms with Crippen molar-refractivity contribution in [3.63, 3.8) is 0 Å². The fraction of sp³-hybridized carbons (Fsp3) is 0.826. The number of esters is 1. The van der Waals surface area contributed by atoms with Crippen LogP contribution in [0.1, 0.15) is 220 Å². The molecule has 3 unspecified atom stereocenters. The van der Waals surface area contributed by atoms with Gasteiger partial charge in [-0.2, -0.15) is 0 Å². The topological polar surface area (TPSA) is 95.9 Å². The Labute approximate surface area is 322 Å². The summed E-state index contributed by atoms with van der Waals surface area (Å²) in [6, 6.07) is -0.703. The van der Waals surface area contributed by atoms with Gasteiger partial charge < -0.3 is 20.3 Å². The molecule has 6 heteroatoms. The van der Waals surface area contributed by atoms with Gasteiger partial charge in [0, 0.05) is 6.42 Å². The lowest BCUT2D eigenvalue weighted by molar-refractivity contribution is -0.151. The predicted molar refractivity (Wildman–Crippen MR) is 222 cm³/mol. The largest absolute Gasteiger partial charge is 0.462 e. The fourth-order valence-electron chi connectivity index (χ4n) is 6.62. The molecular formula is C46H85NO5. The van der Waals surface area contributed by atoms with Crippen molar-refractivity contribution in [2.24, 2.45) is 0 Å². The molecule has 0 bridgehead atoms. The maximum atomic E-state index is 13.1. The van der Waals surface area contributed by atoms with E-state index in [1.165, 1.54) is 83.5 Å². The van der Waals surface area contributed by atoms with Crippen LogP contribution in [0.25, 0.3) is 0 Å². The van der Waals surface area contributed by atoms with E-state index in [4.69, 9.17) is 4.74 Å². The van der Waals surface area contributed by atoms with E-state index in [2.05, 4.69) is 62.5 Å². The number of allylic oxidation sites excluding steroid dienone is 6. The third-order valence-corrected chi connectivity index (χ3v) is 9.98. The minimum atomic E-state index is -0.788. The number of aliphatic hydroxyl groups excluding tert-OH is 2. The van der Waals surface area contributed by atoms with Crippen molar-refractivity contribution in [2.45, 2.75) is 238 Å². The highest BCUT2D eigenvalue weighted by Gasteiger charge is 2.24. The van der Waals surface area contributed by atoms with Crippen molar-refractivity contribution in [3.8, 4) is 0 Å². The van der Waals surface area contributed by atoms with Crippen molar-refractivity contribution in [1.29, 1.82) is 0 Å². The summed E-state index contributed by atoms with van der Waals surface area (Å²) < 4.78 is 5.87. The first-order valence-electron chi connectivity index (χ1n) is 22.2. The molecule has 0 rings (SSSR count).